The van der Waals surface area contributed by atoms with Crippen LogP contribution in [0.25, 0.3) is 0 Å². The first-order valence-electron chi connectivity index (χ1n) is 5.68. The summed E-state index contributed by atoms with van der Waals surface area (Å²) in [6.07, 6.45) is 1.29. The summed E-state index contributed by atoms with van der Waals surface area (Å²) in [5.74, 6) is -1.20. The Balaban J connectivity index is 3.00. The number of rotatable bonds is 6. The first kappa shape index (κ1) is 14.2. The van der Waals surface area contributed by atoms with E-state index in [4.69, 9.17) is 5.11 Å². The summed E-state index contributed by atoms with van der Waals surface area (Å²) in [7, 11) is 0. The highest BCUT2D eigenvalue weighted by atomic mass is 79.9. The van der Waals surface area contributed by atoms with Crippen molar-refractivity contribution >= 4 is 21.9 Å². The number of aryl methyl sites for hydroxylation is 2. The second-order valence-electron chi connectivity index (χ2n) is 3.97. The Morgan fingerprint density at radius 3 is 2.53 bits per heavy atom. The van der Waals surface area contributed by atoms with Gasteiger partial charge in [-0.05, 0) is 36.0 Å². The molecule has 0 aliphatic rings. The minimum Gasteiger partial charge on any atom is -0.479 e. The first-order valence-corrected chi connectivity index (χ1v) is 6.80. The van der Waals surface area contributed by atoms with Gasteiger partial charge in [-0.1, -0.05) is 41.1 Å². The Kier molecular flexibility index (Phi) is 5.65. The summed E-state index contributed by atoms with van der Waals surface area (Å²) < 4.78 is 0. The summed E-state index contributed by atoms with van der Waals surface area (Å²) >= 11 is 3.37. The highest BCUT2D eigenvalue weighted by molar-refractivity contribution is 9.09. The summed E-state index contributed by atoms with van der Waals surface area (Å²) in [6, 6.07) is 5.61. The molecule has 0 radical (unpaired) electrons. The van der Waals surface area contributed by atoms with E-state index in [1.807, 2.05) is 6.92 Å². The molecule has 0 amide bonds. The van der Waals surface area contributed by atoms with Crippen LogP contribution < -0.4 is 0 Å². The SMILES string of the molecule is CCc1cc(CCCBr)cc(C(O)C(=O)O)c1. The van der Waals surface area contributed by atoms with E-state index in [-0.39, 0.29) is 0 Å². The molecule has 1 aromatic rings. The molecule has 0 saturated heterocycles. The van der Waals surface area contributed by atoms with E-state index in [0.717, 1.165) is 35.7 Å². The lowest BCUT2D eigenvalue weighted by Crippen LogP contribution is -2.11. The number of halogens is 1. The van der Waals surface area contributed by atoms with Gasteiger partial charge in [0.1, 0.15) is 0 Å². The fraction of sp³-hybridized carbons (Fsp3) is 0.462. The number of carbonyl (C=O) groups is 1. The topological polar surface area (TPSA) is 57.5 Å². The standard InChI is InChI=1S/C13H17BrO3/c1-2-9-6-10(4-3-5-14)8-11(7-9)12(15)13(16)17/h6-8,12,15H,2-5H2,1H3,(H,16,17). The minimum absolute atomic E-state index is 0.474. The Morgan fingerprint density at radius 1 is 1.35 bits per heavy atom. The predicted octanol–water partition coefficient (Wildman–Crippen LogP) is 2.69. The van der Waals surface area contributed by atoms with Crippen molar-refractivity contribution in [2.24, 2.45) is 0 Å². The van der Waals surface area contributed by atoms with Crippen molar-refractivity contribution in [1.29, 1.82) is 0 Å². The average Bonchev–Trinajstić information content (AvgIpc) is 2.34. The monoisotopic (exact) mass is 300 g/mol. The maximum atomic E-state index is 10.8. The Morgan fingerprint density at radius 2 is 2.00 bits per heavy atom. The van der Waals surface area contributed by atoms with Crippen LogP contribution in [0, 0.1) is 0 Å². The van der Waals surface area contributed by atoms with E-state index in [2.05, 4.69) is 22.0 Å². The van der Waals surface area contributed by atoms with Crippen molar-refractivity contribution in [3.8, 4) is 0 Å². The Bertz CT molecular complexity index is 390. The molecule has 0 spiro atoms. The average molecular weight is 301 g/mol. The van der Waals surface area contributed by atoms with Crippen LogP contribution in [0.4, 0.5) is 0 Å². The van der Waals surface area contributed by atoms with Crippen LogP contribution in [0.2, 0.25) is 0 Å². The molecule has 1 unspecified atom stereocenters. The molecule has 0 fully saturated rings. The van der Waals surface area contributed by atoms with E-state index in [9.17, 15) is 9.90 Å². The van der Waals surface area contributed by atoms with Crippen molar-refractivity contribution in [3.63, 3.8) is 0 Å². The molecule has 1 rings (SSSR count). The second-order valence-corrected chi connectivity index (χ2v) is 4.76. The van der Waals surface area contributed by atoms with Gasteiger partial charge in [0, 0.05) is 5.33 Å². The molecule has 17 heavy (non-hydrogen) atoms. The van der Waals surface area contributed by atoms with E-state index in [1.54, 1.807) is 12.1 Å². The molecular weight excluding hydrogens is 284 g/mol. The van der Waals surface area contributed by atoms with Crippen LogP contribution in [-0.4, -0.2) is 21.5 Å². The van der Waals surface area contributed by atoms with Gasteiger partial charge in [0.2, 0.25) is 0 Å². The number of carboxylic acids is 1. The smallest absolute Gasteiger partial charge is 0.337 e. The van der Waals surface area contributed by atoms with Gasteiger partial charge in [0.05, 0.1) is 0 Å². The number of benzene rings is 1. The fourth-order valence-electron chi connectivity index (χ4n) is 1.71. The zero-order valence-electron chi connectivity index (χ0n) is 9.82. The summed E-state index contributed by atoms with van der Waals surface area (Å²) in [5, 5.41) is 19.3. The van der Waals surface area contributed by atoms with Gasteiger partial charge in [-0.25, -0.2) is 4.79 Å². The molecule has 0 saturated carbocycles. The normalized spacial score (nSPS) is 12.4. The lowest BCUT2D eigenvalue weighted by molar-refractivity contribution is -0.146. The molecule has 0 heterocycles. The Labute approximate surface area is 110 Å². The third-order valence-electron chi connectivity index (χ3n) is 2.63. The molecule has 1 atom stereocenters. The number of carboxylic acid groups (broad SMARTS) is 1. The zero-order valence-corrected chi connectivity index (χ0v) is 11.4. The lowest BCUT2D eigenvalue weighted by atomic mass is 9.98. The van der Waals surface area contributed by atoms with Gasteiger partial charge in [0.25, 0.3) is 0 Å². The van der Waals surface area contributed by atoms with Crippen molar-refractivity contribution in [2.75, 3.05) is 5.33 Å². The third kappa shape index (κ3) is 4.13. The van der Waals surface area contributed by atoms with Gasteiger partial charge in [-0.2, -0.15) is 0 Å². The zero-order chi connectivity index (χ0) is 12.8. The Hall–Kier alpha value is -0.870. The van der Waals surface area contributed by atoms with E-state index in [0.29, 0.717) is 5.56 Å². The van der Waals surface area contributed by atoms with Crippen LogP contribution in [-0.2, 0) is 17.6 Å². The lowest BCUT2D eigenvalue weighted by Gasteiger charge is -2.11. The summed E-state index contributed by atoms with van der Waals surface area (Å²) in [6.45, 7) is 2.01. The van der Waals surface area contributed by atoms with Crippen molar-refractivity contribution < 1.29 is 15.0 Å². The van der Waals surface area contributed by atoms with Crippen LogP contribution in [0.5, 0.6) is 0 Å². The highest BCUT2D eigenvalue weighted by Gasteiger charge is 2.16. The van der Waals surface area contributed by atoms with E-state index >= 15 is 0 Å². The fourth-order valence-corrected chi connectivity index (χ4v) is 1.99. The quantitative estimate of drug-likeness (QED) is 0.794. The van der Waals surface area contributed by atoms with Crippen molar-refractivity contribution in [1.82, 2.24) is 0 Å². The molecule has 94 valence electrons. The first-order chi connectivity index (χ1) is 8.08. The number of alkyl halides is 1. The molecule has 2 N–H and O–H groups in total. The molecule has 0 aromatic heterocycles. The third-order valence-corrected chi connectivity index (χ3v) is 3.19. The van der Waals surface area contributed by atoms with Gasteiger partial charge < -0.3 is 10.2 Å². The number of aliphatic hydroxyl groups excluding tert-OH is 1. The van der Waals surface area contributed by atoms with Crippen molar-refractivity contribution in [2.45, 2.75) is 32.3 Å². The van der Waals surface area contributed by atoms with E-state index < -0.39 is 12.1 Å². The van der Waals surface area contributed by atoms with Gasteiger partial charge in [0.15, 0.2) is 6.10 Å². The van der Waals surface area contributed by atoms with Gasteiger partial charge in [-0.15, -0.1) is 0 Å². The number of aliphatic carboxylic acids is 1. The molecule has 3 nitrogen and oxygen atoms in total. The summed E-state index contributed by atoms with van der Waals surface area (Å²) in [4.78, 5) is 10.8. The molecule has 1 aromatic carbocycles. The molecule has 4 heteroatoms. The second kappa shape index (κ2) is 6.77. The number of hydrogen-bond donors (Lipinski definition) is 2. The summed E-state index contributed by atoms with van der Waals surface area (Å²) in [5.41, 5.74) is 2.62. The molecule has 0 bridgehead atoms. The molecular formula is C13H17BrO3. The maximum Gasteiger partial charge on any atom is 0.337 e. The highest BCUT2D eigenvalue weighted by Crippen LogP contribution is 2.19. The minimum atomic E-state index is -1.43. The van der Waals surface area contributed by atoms with Gasteiger partial charge in [-0.3, -0.25) is 0 Å². The number of aliphatic hydroxyl groups is 1. The molecule has 0 aliphatic heterocycles. The van der Waals surface area contributed by atoms with Crippen LogP contribution >= 0.6 is 15.9 Å². The van der Waals surface area contributed by atoms with Crippen molar-refractivity contribution in [3.05, 3.63) is 34.9 Å². The van der Waals surface area contributed by atoms with Crippen LogP contribution in [0.3, 0.4) is 0 Å². The largest absolute Gasteiger partial charge is 0.479 e. The number of hydrogen-bond acceptors (Lipinski definition) is 2. The predicted molar refractivity (Wildman–Crippen MR) is 70.5 cm³/mol. The maximum absolute atomic E-state index is 10.8. The van der Waals surface area contributed by atoms with E-state index in [1.165, 1.54) is 0 Å². The van der Waals surface area contributed by atoms with Crippen LogP contribution in [0.15, 0.2) is 18.2 Å². The van der Waals surface area contributed by atoms with Gasteiger partial charge >= 0.3 is 5.97 Å². The van der Waals surface area contributed by atoms with Crippen LogP contribution in [0.1, 0.15) is 36.1 Å². The molecule has 0 aliphatic carbocycles.